The number of amides is 5. The highest BCUT2D eigenvalue weighted by Gasteiger charge is 2.30. The molecule has 0 bridgehead atoms. The van der Waals surface area contributed by atoms with Crippen molar-refractivity contribution in [2.75, 3.05) is 19.6 Å². The van der Waals surface area contributed by atoms with Crippen LogP contribution in [0.4, 0.5) is 0 Å². The molecule has 3 aromatic carbocycles. The molecule has 0 unspecified atom stereocenters. The Balaban J connectivity index is 1.47. The summed E-state index contributed by atoms with van der Waals surface area (Å²) in [4.78, 5) is 81.5. The van der Waals surface area contributed by atoms with Crippen molar-refractivity contribution in [1.29, 1.82) is 0 Å². The first-order valence-corrected chi connectivity index (χ1v) is 18.5. The van der Waals surface area contributed by atoms with Gasteiger partial charge in [0.2, 0.25) is 29.5 Å². The lowest BCUT2D eigenvalue weighted by Gasteiger charge is -2.25. The molecule has 0 saturated heterocycles. The van der Waals surface area contributed by atoms with Gasteiger partial charge in [-0.25, -0.2) is 4.79 Å². The molecule has 17 nitrogen and oxygen atoms in total. The monoisotopic (exact) mass is 796 g/mol. The van der Waals surface area contributed by atoms with E-state index in [1.54, 1.807) is 48.6 Å². The van der Waals surface area contributed by atoms with E-state index < -0.39 is 60.2 Å². The molecule has 3 aromatic rings. The molecular weight excluding hydrogens is 748 g/mol. The van der Waals surface area contributed by atoms with Crippen LogP contribution in [0, 0.1) is 5.92 Å². The molecule has 11 N–H and O–H groups in total. The number of guanidine groups is 1. The third kappa shape index (κ3) is 15.2. The number of phenolic OH excluding ortho intramolecular Hbond substituents is 1. The highest BCUT2D eigenvalue weighted by Crippen LogP contribution is 2.16. The Morgan fingerprint density at radius 3 is 1.91 bits per heavy atom. The van der Waals surface area contributed by atoms with Gasteiger partial charge in [0.15, 0.2) is 5.96 Å². The normalized spacial score (nSPS) is 13.3. The largest absolute Gasteiger partial charge is 0.508 e. The SMILES string of the molecule is NC(N)=NCCC[C@H](NC(=O)[C@H](Cc1ccc(OCc2ccccc2)cc1)NC(=O)CNC(=O)CNC(=O)C1C=CC=C1)C(=O)N[C@@H](Cc1ccc(O)cc1)C(=O)O. The molecule has 0 aromatic heterocycles. The van der Waals surface area contributed by atoms with E-state index in [0.29, 0.717) is 23.5 Å². The fraction of sp³-hybridized carbons (Fsp3) is 0.293. The summed E-state index contributed by atoms with van der Waals surface area (Å²) in [5.74, 6) is -4.81. The average molecular weight is 797 g/mol. The van der Waals surface area contributed by atoms with E-state index in [0.717, 1.165) is 5.56 Å². The number of carboxylic acid groups (broad SMARTS) is 1. The smallest absolute Gasteiger partial charge is 0.326 e. The lowest BCUT2D eigenvalue weighted by Crippen LogP contribution is -2.57. The lowest BCUT2D eigenvalue weighted by atomic mass is 10.0. The van der Waals surface area contributed by atoms with Crippen LogP contribution < -0.4 is 42.8 Å². The van der Waals surface area contributed by atoms with Gasteiger partial charge in [-0.15, -0.1) is 0 Å². The van der Waals surface area contributed by atoms with Gasteiger partial charge >= 0.3 is 5.97 Å². The van der Waals surface area contributed by atoms with Crippen LogP contribution in [0.15, 0.2) is 108 Å². The molecule has 1 aliphatic rings. The minimum absolute atomic E-state index is 0.0117. The Bertz CT molecular complexity index is 1950. The molecule has 3 atom stereocenters. The molecule has 0 spiro atoms. The number of aliphatic carboxylic acids is 1. The number of benzene rings is 3. The molecule has 58 heavy (non-hydrogen) atoms. The molecule has 5 amide bonds. The number of ether oxygens (including phenoxy) is 1. The summed E-state index contributed by atoms with van der Waals surface area (Å²) in [6.45, 7) is -0.484. The molecular formula is C41H48N8O9. The maximum absolute atomic E-state index is 14.0. The first kappa shape index (κ1) is 43.6. The number of aliphatic imine (C=N–C) groups is 1. The van der Waals surface area contributed by atoms with Crippen LogP contribution in [0.25, 0.3) is 0 Å². The van der Waals surface area contributed by atoms with Gasteiger partial charge in [-0.3, -0.25) is 29.0 Å². The van der Waals surface area contributed by atoms with E-state index in [1.807, 2.05) is 30.3 Å². The van der Waals surface area contributed by atoms with Gasteiger partial charge in [0.1, 0.15) is 36.2 Å². The number of rotatable bonds is 22. The van der Waals surface area contributed by atoms with Crippen LogP contribution in [0.2, 0.25) is 0 Å². The second-order valence-electron chi connectivity index (χ2n) is 13.3. The van der Waals surface area contributed by atoms with Crippen molar-refractivity contribution in [3.8, 4) is 11.5 Å². The van der Waals surface area contributed by atoms with Gasteiger partial charge in [0.25, 0.3) is 0 Å². The summed E-state index contributed by atoms with van der Waals surface area (Å²) in [5.41, 5.74) is 13.0. The number of nitrogens with one attached hydrogen (secondary N) is 5. The van der Waals surface area contributed by atoms with E-state index >= 15 is 0 Å². The number of carbonyl (C=O) groups is 6. The maximum Gasteiger partial charge on any atom is 0.326 e. The van der Waals surface area contributed by atoms with Crippen LogP contribution in [0.3, 0.4) is 0 Å². The molecule has 4 rings (SSSR count). The fourth-order valence-corrected chi connectivity index (χ4v) is 5.67. The molecule has 0 heterocycles. The van der Waals surface area contributed by atoms with Crippen molar-refractivity contribution in [2.45, 2.75) is 50.4 Å². The Labute approximate surface area is 335 Å². The topological polar surface area (TPSA) is 277 Å². The number of carbonyl (C=O) groups excluding carboxylic acids is 5. The Hall–Kier alpha value is -7.17. The van der Waals surface area contributed by atoms with E-state index in [1.165, 1.54) is 24.3 Å². The molecule has 0 saturated carbocycles. The molecule has 0 fully saturated rings. The van der Waals surface area contributed by atoms with E-state index in [9.17, 15) is 39.0 Å². The fourth-order valence-electron chi connectivity index (χ4n) is 5.67. The quantitative estimate of drug-likeness (QED) is 0.0380. The first-order chi connectivity index (χ1) is 27.9. The van der Waals surface area contributed by atoms with Crippen molar-refractivity contribution >= 4 is 41.5 Å². The minimum atomic E-state index is -1.40. The number of hydrogen-bond donors (Lipinski definition) is 9. The predicted molar refractivity (Wildman–Crippen MR) is 214 cm³/mol. The average Bonchev–Trinajstić information content (AvgIpc) is 3.76. The van der Waals surface area contributed by atoms with Crippen molar-refractivity contribution in [3.63, 3.8) is 0 Å². The first-order valence-electron chi connectivity index (χ1n) is 18.5. The molecule has 306 valence electrons. The summed E-state index contributed by atoms with van der Waals surface area (Å²) in [7, 11) is 0. The predicted octanol–water partition coefficient (Wildman–Crippen LogP) is 0.324. The van der Waals surface area contributed by atoms with Crippen LogP contribution in [-0.4, -0.2) is 89.4 Å². The lowest BCUT2D eigenvalue weighted by molar-refractivity contribution is -0.142. The van der Waals surface area contributed by atoms with Gasteiger partial charge in [-0.05, 0) is 53.8 Å². The standard InChI is InChI=1S/C41H48N8O9/c42-41(43)44-20-6-11-32(38(54)49-34(40(56)57)22-26-12-16-30(50)17-13-26)48-39(55)33(21-27-14-18-31(19-15-27)58-25-28-7-2-1-3-8-28)47-36(52)24-45-35(51)23-46-37(53)29-9-4-5-10-29/h1-5,7-10,12-19,29,32-34,50H,6,11,20-25H2,(H,45,51)(H,46,53)(H,47,52)(H,48,55)(H,49,54)(H,56,57)(H4,42,43,44)/t32-,33-,34-/m0/s1. The Morgan fingerprint density at radius 1 is 0.690 bits per heavy atom. The Kier molecular flexibility index (Phi) is 16.8. The number of aromatic hydroxyl groups is 1. The van der Waals surface area contributed by atoms with Crippen molar-refractivity contribution in [3.05, 3.63) is 120 Å². The number of phenols is 1. The molecule has 0 radical (unpaired) electrons. The second-order valence-corrected chi connectivity index (χ2v) is 13.3. The third-order valence-corrected chi connectivity index (χ3v) is 8.75. The summed E-state index contributed by atoms with van der Waals surface area (Å²) in [6, 6.07) is 18.3. The number of hydrogen-bond acceptors (Lipinski definition) is 9. The molecule has 1 aliphatic carbocycles. The summed E-state index contributed by atoms with van der Waals surface area (Å²) in [5, 5.41) is 32.2. The maximum atomic E-state index is 14.0. The summed E-state index contributed by atoms with van der Waals surface area (Å²) in [6.07, 6.45) is 6.78. The van der Waals surface area contributed by atoms with Crippen molar-refractivity contribution in [2.24, 2.45) is 22.4 Å². The van der Waals surface area contributed by atoms with Gasteiger partial charge in [-0.1, -0.05) is 78.9 Å². The summed E-state index contributed by atoms with van der Waals surface area (Å²) >= 11 is 0. The number of nitrogens with two attached hydrogens (primary N) is 2. The van der Waals surface area contributed by atoms with Crippen LogP contribution in [0.1, 0.15) is 29.5 Å². The third-order valence-electron chi connectivity index (χ3n) is 8.75. The zero-order valence-corrected chi connectivity index (χ0v) is 31.6. The van der Waals surface area contributed by atoms with Crippen molar-refractivity contribution < 1.29 is 43.7 Å². The molecule has 0 aliphatic heterocycles. The van der Waals surface area contributed by atoms with Gasteiger partial charge < -0.3 is 53.0 Å². The van der Waals surface area contributed by atoms with E-state index in [-0.39, 0.29) is 56.4 Å². The highest BCUT2D eigenvalue weighted by atomic mass is 16.5. The highest BCUT2D eigenvalue weighted by molar-refractivity contribution is 5.95. The van der Waals surface area contributed by atoms with Gasteiger partial charge in [0, 0.05) is 19.4 Å². The number of allylic oxidation sites excluding steroid dienone is 2. The van der Waals surface area contributed by atoms with Gasteiger partial charge in [0.05, 0.1) is 19.0 Å². The van der Waals surface area contributed by atoms with Crippen LogP contribution in [-0.2, 0) is 48.2 Å². The van der Waals surface area contributed by atoms with Crippen LogP contribution >= 0.6 is 0 Å². The van der Waals surface area contributed by atoms with Crippen LogP contribution in [0.5, 0.6) is 11.5 Å². The minimum Gasteiger partial charge on any atom is -0.508 e. The number of nitrogens with zero attached hydrogens (tertiary/aromatic N) is 1. The molecule has 17 heteroatoms. The van der Waals surface area contributed by atoms with Gasteiger partial charge in [-0.2, -0.15) is 0 Å². The Morgan fingerprint density at radius 2 is 1.28 bits per heavy atom. The second kappa shape index (κ2) is 22.4. The van der Waals surface area contributed by atoms with E-state index in [2.05, 4.69) is 31.6 Å². The summed E-state index contributed by atoms with van der Waals surface area (Å²) < 4.78 is 5.87. The zero-order chi connectivity index (χ0) is 41.9. The zero-order valence-electron chi connectivity index (χ0n) is 31.6. The van der Waals surface area contributed by atoms with Crippen molar-refractivity contribution in [1.82, 2.24) is 26.6 Å². The number of carboxylic acids is 1. The van der Waals surface area contributed by atoms with E-state index in [4.69, 9.17) is 16.2 Å².